The van der Waals surface area contributed by atoms with Gasteiger partial charge >= 0.3 is 0 Å². The van der Waals surface area contributed by atoms with E-state index in [2.05, 4.69) is 5.32 Å². The van der Waals surface area contributed by atoms with E-state index in [-0.39, 0.29) is 36.6 Å². The van der Waals surface area contributed by atoms with Crippen LogP contribution in [0.15, 0.2) is 18.2 Å². The summed E-state index contributed by atoms with van der Waals surface area (Å²) >= 11 is 0. The molecule has 0 spiro atoms. The summed E-state index contributed by atoms with van der Waals surface area (Å²) in [7, 11) is 0. The number of anilines is 1. The summed E-state index contributed by atoms with van der Waals surface area (Å²) in [5.41, 5.74) is 0.692. The predicted octanol–water partition coefficient (Wildman–Crippen LogP) is 2.35. The summed E-state index contributed by atoms with van der Waals surface area (Å²) in [4.78, 5) is 42.5. The van der Waals surface area contributed by atoms with Crippen LogP contribution in [0.4, 0.5) is 5.69 Å². The van der Waals surface area contributed by atoms with E-state index in [4.69, 9.17) is 9.47 Å². The Morgan fingerprint density at radius 1 is 1.12 bits per heavy atom. The molecular formula is C24H33N3O5. The highest BCUT2D eigenvalue weighted by atomic mass is 16.6. The first-order valence-electron chi connectivity index (χ1n) is 11.8. The Morgan fingerprint density at radius 3 is 2.56 bits per heavy atom. The molecule has 0 aromatic heterocycles. The molecule has 8 nitrogen and oxygen atoms in total. The number of benzene rings is 1. The Balaban J connectivity index is 1.43. The largest absolute Gasteiger partial charge is 0.486 e. The molecule has 174 valence electrons. The minimum absolute atomic E-state index is 0.000385. The van der Waals surface area contributed by atoms with E-state index in [9.17, 15) is 14.4 Å². The Labute approximate surface area is 189 Å². The molecule has 0 unspecified atom stereocenters. The number of hydrogen-bond acceptors (Lipinski definition) is 5. The quantitative estimate of drug-likeness (QED) is 0.729. The zero-order chi connectivity index (χ0) is 22.7. The lowest BCUT2D eigenvalue weighted by Crippen LogP contribution is -2.54. The molecule has 3 aliphatic rings. The Morgan fingerprint density at radius 2 is 1.84 bits per heavy atom. The van der Waals surface area contributed by atoms with Gasteiger partial charge in [-0.25, -0.2) is 0 Å². The van der Waals surface area contributed by atoms with Crippen LogP contribution in [0.1, 0.15) is 46.0 Å². The molecule has 2 saturated heterocycles. The summed E-state index contributed by atoms with van der Waals surface area (Å²) < 4.78 is 11.2. The number of piperidine rings is 1. The van der Waals surface area contributed by atoms with Gasteiger partial charge in [0.25, 0.3) is 0 Å². The zero-order valence-electron chi connectivity index (χ0n) is 19.0. The Bertz CT molecular complexity index is 867. The SMILES string of the molecule is CC[C@H](C)[C@H](NC(=O)[C@H]1CC(=O)N(c2ccc3c(c2)OCCO3)C1)C(=O)N1CCCCC1. The van der Waals surface area contributed by atoms with E-state index in [0.717, 1.165) is 38.8 Å². The molecule has 1 N–H and O–H groups in total. The molecule has 1 aromatic carbocycles. The first-order chi connectivity index (χ1) is 15.5. The predicted molar refractivity (Wildman–Crippen MR) is 120 cm³/mol. The maximum Gasteiger partial charge on any atom is 0.245 e. The molecule has 3 heterocycles. The van der Waals surface area contributed by atoms with E-state index in [1.807, 2.05) is 24.8 Å². The van der Waals surface area contributed by atoms with E-state index in [1.165, 1.54) is 0 Å². The van der Waals surface area contributed by atoms with Gasteiger partial charge in [-0.1, -0.05) is 20.3 Å². The van der Waals surface area contributed by atoms with Gasteiger partial charge in [0.2, 0.25) is 17.7 Å². The third-order valence-corrected chi connectivity index (χ3v) is 6.78. The van der Waals surface area contributed by atoms with E-state index in [0.29, 0.717) is 30.4 Å². The van der Waals surface area contributed by atoms with Gasteiger partial charge in [0.1, 0.15) is 19.3 Å². The van der Waals surface area contributed by atoms with Gasteiger partial charge < -0.3 is 24.6 Å². The highest BCUT2D eigenvalue weighted by Gasteiger charge is 2.38. The van der Waals surface area contributed by atoms with Crippen LogP contribution in [-0.2, 0) is 14.4 Å². The molecule has 0 saturated carbocycles. The number of nitrogens with one attached hydrogen (secondary N) is 1. The molecule has 3 atom stereocenters. The van der Waals surface area contributed by atoms with Crippen molar-refractivity contribution in [3.8, 4) is 11.5 Å². The second kappa shape index (κ2) is 9.79. The second-order valence-corrected chi connectivity index (χ2v) is 8.99. The molecule has 3 amide bonds. The van der Waals surface area contributed by atoms with E-state index >= 15 is 0 Å². The lowest BCUT2D eigenvalue weighted by Gasteiger charge is -2.33. The van der Waals surface area contributed by atoms with Crippen LogP contribution in [0.5, 0.6) is 11.5 Å². The van der Waals surface area contributed by atoms with Gasteiger partial charge in [-0.3, -0.25) is 14.4 Å². The highest BCUT2D eigenvalue weighted by Crippen LogP contribution is 2.36. The summed E-state index contributed by atoms with van der Waals surface area (Å²) in [5.74, 6) is 0.474. The van der Waals surface area contributed by atoms with Gasteiger partial charge in [-0.2, -0.15) is 0 Å². The van der Waals surface area contributed by atoms with E-state index in [1.54, 1.807) is 17.0 Å². The fourth-order valence-electron chi connectivity index (χ4n) is 4.60. The van der Waals surface area contributed by atoms with Crippen molar-refractivity contribution < 1.29 is 23.9 Å². The highest BCUT2D eigenvalue weighted by molar-refractivity contribution is 6.01. The van der Waals surface area contributed by atoms with Gasteiger partial charge in [0.15, 0.2) is 11.5 Å². The van der Waals surface area contributed by atoms with Crippen molar-refractivity contribution in [3.05, 3.63) is 18.2 Å². The first-order valence-corrected chi connectivity index (χ1v) is 11.8. The van der Waals surface area contributed by atoms with Crippen LogP contribution >= 0.6 is 0 Å². The molecule has 4 rings (SSSR count). The fourth-order valence-corrected chi connectivity index (χ4v) is 4.60. The molecule has 0 aliphatic carbocycles. The number of carbonyl (C=O) groups excluding carboxylic acids is 3. The fraction of sp³-hybridized carbons (Fsp3) is 0.625. The number of ether oxygens (including phenoxy) is 2. The van der Waals surface area contributed by atoms with Crippen molar-refractivity contribution >= 4 is 23.4 Å². The molecular weight excluding hydrogens is 410 g/mol. The first kappa shape index (κ1) is 22.4. The Hall–Kier alpha value is -2.77. The van der Waals surface area contributed by atoms with Crippen molar-refractivity contribution in [1.29, 1.82) is 0 Å². The molecule has 0 radical (unpaired) electrons. The number of nitrogens with zero attached hydrogens (tertiary/aromatic N) is 2. The number of carbonyl (C=O) groups is 3. The van der Waals surface area contributed by atoms with E-state index < -0.39 is 12.0 Å². The van der Waals surface area contributed by atoms with Crippen molar-refractivity contribution in [2.75, 3.05) is 37.7 Å². The van der Waals surface area contributed by atoms with Crippen molar-refractivity contribution in [2.24, 2.45) is 11.8 Å². The average Bonchev–Trinajstić information content (AvgIpc) is 3.23. The van der Waals surface area contributed by atoms with Gasteiger partial charge in [-0.05, 0) is 37.3 Å². The van der Waals surface area contributed by atoms with Gasteiger partial charge in [-0.15, -0.1) is 0 Å². The summed E-state index contributed by atoms with van der Waals surface area (Å²) in [5, 5.41) is 3.00. The monoisotopic (exact) mass is 443 g/mol. The lowest BCUT2D eigenvalue weighted by molar-refractivity contribution is -0.139. The van der Waals surface area contributed by atoms with Gasteiger partial charge in [0.05, 0.1) is 5.92 Å². The maximum atomic E-state index is 13.1. The maximum absolute atomic E-state index is 13.1. The number of likely N-dealkylation sites (tertiary alicyclic amines) is 1. The zero-order valence-corrected chi connectivity index (χ0v) is 19.0. The van der Waals surface area contributed by atoms with Crippen LogP contribution in [-0.4, -0.2) is 61.5 Å². The molecule has 0 bridgehead atoms. The third kappa shape index (κ3) is 4.69. The molecule has 8 heteroatoms. The standard InChI is InChI=1S/C24H33N3O5/c1-3-16(2)22(24(30)26-9-5-4-6-10-26)25-23(29)17-13-21(28)27(15-17)18-7-8-19-20(14-18)32-12-11-31-19/h7-8,14,16-17,22H,3-6,9-13,15H2,1-2H3,(H,25,29)/t16-,17-,22-/m0/s1. The lowest BCUT2D eigenvalue weighted by atomic mass is 9.95. The summed E-state index contributed by atoms with van der Waals surface area (Å²) in [6.07, 6.45) is 4.08. The van der Waals surface area contributed by atoms with Crippen LogP contribution in [0.3, 0.4) is 0 Å². The molecule has 32 heavy (non-hydrogen) atoms. The number of rotatable bonds is 6. The Kier molecular flexibility index (Phi) is 6.86. The molecule has 2 fully saturated rings. The van der Waals surface area contributed by atoms with Crippen molar-refractivity contribution in [2.45, 2.75) is 52.0 Å². The van der Waals surface area contributed by atoms with Crippen molar-refractivity contribution in [1.82, 2.24) is 10.2 Å². The molecule has 3 aliphatic heterocycles. The van der Waals surface area contributed by atoms with Gasteiger partial charge in [0, 0.05) is 37.8 Å². The van der Waals surface area contributed by atoms with Crippen LogP contribution in [0.2, 0.25) is 0 Å². The smallest absolute Gasteiger partial charge is 0.245 e. The third-order valence-electron chi connectivity index (χ3n) is 6.78. The second-order valence-electron chi connectivity index (χ2n) is 8.99. The van der Waals surface area contributed by atoms with Crippen molar-refractivity contribution in [3.63, 3.8) is 0 Å². The van der Waals surface area contributed by atoms with Crippen LogP contribution in [0.25, 0.3) is 0 Å². The normalized spacial score (nSPS) is 22.4. The topological polar surface area (TPSA) is 88.2 Å². The van der Waals surface area contributed by atoms with Crippen LogP contribution < -0.4 is 19.7 Å². The minimum Gasteiger partial charge on any atom is -0.486 e. The summed E-state index contributed by atoms with van der Waals surface area (Å²) in [6.45, 7) is 6.78. The average molecular weight is 444 g/mol. The number of hydrogen-bond donors (Lipinski definition) is 1. The minimum atomic E-state index is -0.552. The number of amides is 3. The van der Waals surface area contributed by atoms with Crippen LogP contribution in [0, 0.1) is 11.8 Å². The number of fused-ring (bicyclic) bond motifs is 1. The molecule has 1 aromatic rings. The summed E-state index contributed by atoms with van der Waals surface area (Å²) in [6, 6.07) is 4.84.